The van der Waals surface area contributed by atoms with Gasteiger partial charge in [-0.3, -0.25) is 9.69 Å². The highest BCUT2D eigenvalue weighted by Gasteiger charge is 2.66. The van der Waals surface area contributed by atoms with Gasteiger partial charge in [0.2, 0.25) is 5.91 Å². The Balaban J connectivity index is 1.04. The number of nitriles is 1. The molecule has 1 amide bonds. The minimum atomic E-state index is -0.938. The molecule has 4 aromatic rings. The summed E-state index contributed by atoms with van der Waals surface area (Å²) in [6, 6.07) is 6.35. The molecule has 4 saturated heterocycles. The van der Waals surface area contributed by atoms with Crippen molar-refractivity contribution in [1.29, 1.82) is 5.26 Å². The van der Waals surface area contributed by atoms with Crippen LogP contribution in [0.3, 0.4) is 0 Å². The van der Waals surface area contributed by atoms with Gasteiger partial charge in [0.1, 0.15) is 36.0 Å². The molecule has 2 aliphatic carbocycles. The van der Waals surface area contributed by atoms with Gasteiger partial charge < -0.3 is 20.3 Å². The molecule has 2 bridgehead atoms. The van der Waals surface area contributed by atoms with Crippen molar-refractivity contribution in [3.8, 4) is 23.2 Å². The lowest BCUT2D eigenvalue weighted by Crippen LogP contribution is -2.59. The van der Waals surface area contributed by atoms with E-state index in [4.69, 9.17) is 27.1 Å². The van der Waals surface area contributed by atoms with Gasteiger partial charge in [-0.2, -0.15) is 15.2 Å². The first-order valence-electron chi connectivity index (χ1n) is 18.6. The number of alkyl halides is 1. The Bertz CT molecular complexity index is 2250. The van der Waals surface area contributed by atoms with E-state index >= 15 is 4.39 Å². The molecule has 6 aliphatic rings. The fourth-order valence-electron chi connectivity index (χ4n) is 11.2. The van der Waals surface area contributed by atoms with Crippen LogP contribution in [0.5, 0.6) is 6.01 Å². The first-order chi connectivity index (χ1) is 25.6. The number of carbonyl (C=O) groups is 1. The first kappa shape index (κ1) is 33.6. The number of hydrogen-bond acceptors (Lipinski definition) is 10. The predicted octanol–water partition coefficient (Wildman–Crippen LogP) is 6.74. The summed E-state index contributed by atoms with van der Waals surface area (Å²) in [7, 11) is 0. The summed E-state index contributed by atoms with van der Waals surface area (Å²) >= 11 is 7.91. The van der Waals surface area contributed by atoms with Gasteiger partial charge in [-0.1, -0.05) is 22.9 Å². The number of benzene rings is 2. The summed E-state index contributed by atoms with van der Waals surface area (Å²) < 4.78 is 53.1. The first-order valence-corrected chi connectivity index (χ1v) is 19.8. The number of halogens is 4. The SMILES string of the molecule is N#CC1CCCN1C(=O)C12CC3CC1C(CN(c1nc(OC[C@@]45CCCN4C[C@H](F)C5)nc4c(F)c(-c5ccc(F)c6sc(N)nc56)c(Cl)cc14)C3)C2. The highest BCUT2D eigenvalue weighted by Crippen LogP contribution is 2.65. The molecule has 0 spiro atoms. The van der Waals surface area contributed by atoms with Crippen molar-refractivity contribution in [3.63, 3.8) is 0 Å². The molecular weight excluding hydrogens is 725 g/mol. The molecule has 15 heteroatoms. The third kappa shape index (κ3) is 4.98. The molecule has 276 valence electrons. The lowest BCUT2D eigenvalue weighted by Gasteiger charge is -2.53. The van der Waals surface area contributed by atoms with E-state index in [1.807, 2.05) is 4.90 Å². The number of nitrogens with zero attached hydrogens (tertiary/aromatic N) is 7. The average Bonchev–Trinajstić information content (AvgIpc) is 3.92. The molecule has 7 atom stereocenters. The van der Waals surface area contributed by atoms with E-state index in [0.29, 0.717) is 49.4 Å². The van der Waals surface area contributed by atoms with Gasteiger partial charge in [-0.25, -0.2) is 18.2 Å². The summed E-state index contributed by atoms with van der Waals surface area (Å²) in [6.45, 7) is 3.20. The number of nitrogens with two attached hydrogens (primary N) is 1. The van der Waals surface area contributed by atoms with Crippen LogP contribution in [-0.2, 0) is 4.79 Å². The minimum absolute atomic E-state index is 0.00441. The Morgan fingerprint density at radius 1 is 1.11 bits per heavy atom. The molecule has 2 aromatic carbocycles. The van der Waals surface area contributed by atoms with Gasteiger partial charge >= 0.3 is 6.01 Å². The van der Waals surface area contributed by atoms with Crippen molar-refractivity contribution in [2.45, 2.75) is 69.1 Å². The van der Waals surface area contributed by atoms with E-state index in [0.717, 1.165) is 62.8 Å². The standard InChI is InChI=1S/C38H38ClF3N8O2S/c39-26-10-24-30(29(42)28(26)23-4-5-27(41)32-31(23)45-35(44)53-32)46-36(52-18-37-6-2-7-49(37)17-21(40)13-37)47-33(24)48-15-19-9-25-20(16-48)12-38(25,11-19)34(51)50-8-1-3-22(50)14-43/h4-5,10,19-22,25H,1-3,6-9,11-13,15-18H2,(H2,44,45)/t19?,20?,21-,22?,25?,37+,38?/m1/s1. The van der Waals surface area contributed by atoms with E-state index in [9.17, 15) is 18.8 Å². The van der Waals surface area contributed by atoms with Gasteiger partial charge in [0.25, 0.3) is 0 Å². The normalized spacial score (nSPS) is 31.9. The Kier molecular flexibility index (Phi) is 7.64. The second-order valence-corrected chi connectivity index (χ2v) is 17.6. The number of fused-ring (bicyclic) bond motifs is 4. The molecule has 2 N–H and O–H groups in total. The summed E-state index contributed by atoms with van der Waals surface area (Å²) in [5.41, 5.74) is 5.60. The highest BCUT2D eigenvalue weighted by molar-refractivity contribution is 7.22. The van der Waals surface area contributed by atoms with Crippen LogP contribution in [0, 0.1) is 46.1 Å². The van der Waals surface area contributed by atoms with Crippen molar-refractivity contribution in [3.05, 3.63) is 34.9 Å². The molecule has 53 heavy (non-hydrogen) atoms. The van der Waals surface area contributed by atoms with Gasteiger partial charge in [-0.05, 0) is 87.4 Å². The number of aromatic nitrogens is 3. The predicted molar refractivity (Wildman–Crippen MR) is 195 cm³/mol. The van der Waals surface area contributed by atoms with Crippen molar-refractivity contribution in [2.75, 3.05) is 50.0 Å². The van der Waals surface area contributed by atoms with E-state index < -0.39 is 28.8 Å². The molecule has 5 unspecified atom stereocenters. The van der Waals surface area contributed by atoms with Crippen LogP contribution in [0.25, 0.3) is 32.2 Å². The third-order valence-corrected chi connectivity index (χ3v) is 14.5. The van der Waals surface area contributed by atoms with E-state index in [-0.39, 0.29) is 73.8 Å². The van der Waals surface area contributed by atoms with Gasteiger partial charge in [0, 0.05) is 49.1 Å². The molecule has 10 nitrogen and oxygen atoms in total. The molecule has 6 fully saturated rings. The third-order valence-electron chi connectivity index (χ3n) is 13.3. The lowest BCUT2D eigenvalue weighted by atomic mass is 9.54. The number of hydrogen-bond donors (Lipinski definition) is 1. The van der Waals surface area contributed by atoms with Crippen molar-refractivity contribution in [1.82, 2.24) is 24.8 Å². The molecule has 10 rings (SSSR count). The number of anilines is 2. The van der Waals surface area contributed by atoms with Crippen LogP contribution < -0.4 is 15.4 Å². The van der Waals surface area contributed by atoms with Crippen LogP contribution in [-0.4, -0.2) is 87.7 Å². The van der Waals surface area contributed by atoms with Crippen LogP contribution in [0.2, 0.25) is 5.02 Å². The van der Waals surface area contributed by atoms with Gasteiger partial charge in [0.15, 0.2) is 10.9 Å². The number of amides is 1. The van der Waals surface area contributed by atoms with Crippen molar-refractivity contribution >= 4 is 60.9 Å². The van der Waals surface area contributed by atoms with Crippen LogP contribution in [0.4, 0.5) is 24.1 Å². The number of likely N-dealkylation sites (tertiary alicyclic amines) is 1. The number of carbonyl (C=O) groups excluding carboxylic acids is 1. The fraction of sp³-hybridized carbons (Fsp3) is 0.553. The van der Waals surface area contributed by atoms with Crippen LogP contribution in [0.15, 0.2) is 18.2 Å². The zero-order valence-electron chi connectivity index (χ0n) is 29.0. The quantitative estimate of drug-likeness (QED) is 0.227. The number of thiazole rings is 1. The summed E-state index contributed by atoms with van der Waals surface area (Å²) in [6.07, 6.45) is 5.14. The van der Waals surface area contributed by atoms with Crippen LogP contribution >= 0.6 is 22.9 Å². The topological polar surface area (TPSA) is 124 Å². The summed E-state index contributed by atoms with van der Waals surface area (Å²) in [4.78, 5) is 34.1. The second-order valence-electron chi connectivity index (χ2n) is 16.2. The van der Waals surface area contributed by atoms with Crippen molar-refractivity contribution in [2.24, 2.45) is 23.2 Å². The Hall–Kier alpha value is -3.93. The molecule has 4 aliphatic heterocycles. The number of ether oxygens (including phenoxy) is 1. The zero-order chi connectivity index (χ0) is 36.4. The number of nitrogen functional groups attached to an aromatic ring is 1. The van der Waals surface area contributed by atoms with Crippen molar-refractivity contribution < 1.29 is 22.7 Å². The van der Waals surface area contributed by atoms with E-state index in [1.165, 1.54) is 12.1 Å². The monoisotopic (exact) mass is 762 g/mol. The molecule has 2 saturated carbocycles. The average molecular weight is 763 g/mol. The van der Waals surface area contributed by atoms with Crippen LogP contribution in [0.1, 0.15) is 51.4 Å². The highest BCUT2D eigenvalue weighted by atomic mass is 35.5. The van der Waals surface area contributed by atoms with Gasteiger partial charge in [-0.15, -0.1) is 0 Å². The smallest absolute Gasteiger partial charge is 0.319 e. The van der Waals surface area contributed by atoms with Gasteiger partial charge in [0.05, 0.1) is 32.3 Å². The Morgan fingerprint density at radius 3 is 2.83 bits per heavy atom. The van der Waals surface area contributed by atoms with E-state index in [1.54, 1.807) is 6.07 Å². The molecular formula is C38H38ClF3N8O2S. The summed E-state index contributed by atoms with van der Waals surface area (Å²) in [5.74, 6) is 0.0297. The number of rotatable bonds is 6. The summed E-state index contributed by atoms with van der Waals surface area (Å²) in [5, 5.41) is 10.4. The Labute approximate surface area is 313 Å². The lowest BCUT2D eigenvalue weighted by molar-refractivity contribution is -0.157. The minimum Gasteiger partial charge on any atom is -0.461 e. The molecule has 6 heterocycles. The second kappa shape index (κ2) is 12.0. The van der Waals surface area contributed by atoms with E-state index in [2.05, 4.69) is 25.8 Å². The zero-order valence-corrected chi connectivity index (χ0v) is 30.5. The maximum Gasteiger partial charge on any atom is 0.319 e. The largest absolute Gasteiger partial charge is 0.461 e. The fourth-order valence-corrected chi connectivity index (χ4v) is 12.2. The molecule has 0 radical (unpaired) electrons. The molecule has 2 aromatic heterocycles. The Morgan fingerprint density at radius 2 is 1.98 bits per heavy atom. The maximum absolute atomic E-state index is 17.1. The maximum atomic E-state index is 17.1.